The van der Waals surface area contributed by atoms with Gasteiger partial charge in [0.1, 0.15) is 0 Å². The molecule has 7 nitrogen and oxygen atoms in total. The van der Waals surface area contributed by atoms with Gasteiger partial charge in [-0.05, 0) is 36.8 Å². The number of aryl methyl sites for hydroxylation is 1. The topological polar surface area (TPSA) is 90.3 Å². The minimum atomic E-state index is -0.757. The largest absolute Gasteiger partial charge is 0.451 e. The second-order valence-electron chi connectivity index (χ2n) is 6.05. The average molecular weight is 444 g/mol. The Kier molecular flexibility index (Phi) is 6.20. The Labute approximate surface area is 169 Å². The molecule has 1 amide bonds. The van der Waals surface area contributed by atoms with Gasteiger partial charge in [0, 0.05) is 22.1 Å². The predicted molar refractivity (Wildman–Crippen MR) is 109 cm³/mol. The summed E-state index contributed by atoms with van der Waals surface area (Å²) in [7, 11) is 0. The number of aromatic nitrogens is 2. The number of carbonyl (C=O) groups excluding carboxylic acids is 2. The first-order chi connectivity index (χ1) is 13.5. The lowest BCUT2D eigenvalue weighted by Gasteiger charge is -2.10. The minimum Gasteiger partial charge on any atom is -0.451 e. The van der Waals surface area contributed by atoms with Crippen molar-refractivity contribution in [1.29, 1.82) is 0 Å². The van der Waals surface area contributed by atoms with Gasteiger partial charge in [-0.2, -0.15) is 5.10 Å². The second-order valence-corrected chi connectivity index (χ2v) is 6.97. The normalized spacial score (nSPS) is 10.6. The van der Waals surface area contributed by atoms with Crippen LogP contribution in [0.5, 0.6) is 0 Å². The Morgan fingerprint density at radius 3 is 2.46 bits per heavy atom. The molecule has 0 spiro atoms. The Morgan fingerprint density at radius 1 is 1.11 bits per heavy atom. The van der Waals surface area contributed by atoms with Crippen LogP contribution in [0.1, 0.15) is 23.8 Å². The smallest absolute Gasteiger partial charge is 0.359 e. The number of anilines is 1. The molecular formula is C20H18BrN3O4. The van der Waals surface area contributed by atoms with Crippen molar-refractivity contribution in [2.75, 3.05) is 11.9 Å². The number of hydrogen-bond donors (Lipinski definition) is 1. The number of carbonyl (C=O) groups is 2. The van der Waals surface area contributed by atoms with E-state index in [-0.39, 0.29) is 11.3 Å². The zero-order chi connectivity index (χ0) is 20.1. The number of esters is 1. The highest BCUT2D eigenvalue weighted by Gasteiger charge is 2.18. The fraction of sp³-hybridized carbons (Fsp3) is 0.200. The number of nitrogens with one attached hydrogen (secondary N) is 1. The molecule has 8 heteroatoms. The van der Waals surface area contributed by atoms with Gasteiger partial charge >= 0.3 is 5.97 Å². The first kappa shape index (κ1) is 19.8. The van der Waals surface area contributed by atoms with Gasteiger partial charge in [0.25, 0.3) is 11.5 Å². The minimum absolute atomic E-state index is 0.0140. The van der Waals surface area contributed by atoms with Gasteiger partial charge < -0.3 is 10.1 Å². The van der Waals surface area contributed by atoms with Gasteiger partial charge in [-0.1, -0.05) is 41.1 Å². The van der Waals surface area contributed by atoms with Crippen LogP contribution >= 0.6 is 15.9 Å². The number of benzene rings is 2. The van der Waals surface area contributed by atoms with Crippen LogP contribution in [0.4, 0.5) is 5.69 Å². The van der Waals surface area contributed by atoms with E-state index in [1.54, 1.807) is 48.5 Å². The van der Waals surface area contributed by atoms with E-state index in [0.29, 0.717) is 29.4 Å². The third-order valence-corrected chi connectivity index (χ3v) is 4.49. The molecule has 28 heavy (non-hydrogen) atoms. The van der Waals surface area contributed by atoms with Crippen LogP contribution in [0, 0.1) is 0 Å². The van der Waals surface area contributed by atoms with Gasteiger partial charge in [0.15, 0.2) is 12.3 Å². The van der Waals surface area contributed by atoms with Crippen molar-refractivity contribution in [2.45, 2.75) is 19.9 Å². The number of rotatable bonds is 6. The van der Waals surface area contributed by atoms with E-state index in [2.05, 4.69) is 26.3 Å². The summed E-state index contributed by atoms with van der Waals surface area (Å²) < 4.78 is 7.27. The van der Waals surface area contributed by atoms with Crippen LogP contribution < -0.4 is 10.9 Å². The maximum Gasteiger partial charge on any atom is 0.359 e. The van der Waals surface area contributed by atoms with Crippen LogP contribution in [-0.2, 0) is 16.1 Å². The molecule has 1 N–H and O–H groups in total. The zero-order valence-electron chi connectivity index (χ0n) is 15.1. The molecule has 0 unspecified atom stereocenters. The molecule has 0 atom stereocenters. The van der Waals surface area contributed by atoms with E-state index in [1.165, 1.54) is 4.68 Å². The van der Waals surface area contributed by atoms with Crippen molar-refractivity contribution in [3.8, 4) is 0 Å². The van der Waals surface area contributed by atoms with Crippen LogP contribution in [0.25, 0.3) is 10.8 Å². The Bertz CT molecular complexity index is 1080. The summed E-state index contributed by atoms with van der Waals surface area (Å²) in [6, 6.07) is 13.7. The van der Waals surface area contributed by atoms with Crippen molar-refractivity contribution < 1.29 is 14.3 Å². The molecule has 0 radical (unpaired) electrons. The zero-order valence-corrected chi connectivity index (χ0v) is 16.7. The fourth-order valence-corrected chi connectivity index (χ4v) is 2.94. The molecule has 0 aliphatic carbocycles. The van der Waals surface area contributed by atoms with Gasteiger partial charge in [-0.25, -0.2) is 9.48 Å². The summed E-state index contributed by atoms with van der Waals surface area (Å²) in [6.07, 6.45) is 0.690. The molecule has 144 valence electrons. The SMILES string of the molecule is CCCn1nc(C(=O)OCC(=O)Nc2ccc(Br)cc2)c2ccccc2c1=O. The number of fused-ring (bicyclic) bond motifs is 1. The molecule has 3 aromatic rings. The monoisotopic (exact) mass is 443 g/mol. The highest BCUT2D eigenvalue weighted by atomic mass is 79.9. The predicted octanol–water partition coefficient (Wildman–Crippen LogP) is 3.36. The molecule has 0 saturated carbocycles. The standard InChI is InChI=1S/C20H18BrN3O4/c1-2-11-24-19(26)16-6-4-3-5-15(16)18(23-24)20(27)28-12-17(25)22-14-9-7-13(21)8-10-14/h3-10H,2,11-12H2,1H3,(H,22,25). The highest BCUT2D eigenvalue weighted by molar-refractivity contribution is 9.10. The summed E-state index contributed by atoms with van der Waals surface area (Å²) >= 11 is 3.32. The first-order valence-corrected chi connectivity index (χ1v) is 9.51. The molecule has 1 aromatic heterocycles. The van der Waals surface area contributed by atoms with Crippen molar-refractivity contribution >= 4 is 44.3 Å². The maximum absolute atomic E-state index is 12.5. The van der Waals surface area contributed by atoms with Crippen LogP contribution in [0.2, 0.25) is 0 Å². The second kappa shape index (κ2) is 8.79. The van der Waals surface area contributed by atoms with E-state index in [4.69, 9.17) is 4.74 Å². The lowest BCUT2D eigenvalue weighted by Crippen LogP contribution is -2.27. The Morgan fingerprint density at radius 2 is 1.79 bits per heavy atom. The maximum atomic E-state index is 12.5. The van der Waals surface area contributed by atoms with Crippen molar-refractivity contribution in [3.63, 3.8) is 0 Å². The Balaban J connectivity index is 1.77. The van der Waals surface area contributed by atoms with E-state index >= 15 is 0 Å². The summed E-state index contributed by atoms with van der Waals surface area (Å²) in [5.41, 5.74) is 0.339. The van der Waals surface area contributed by atoms with Gasteiger partial charge in [0.2, 0.25) is 0 Å². The van der Waals surface area contributed by atoms with Gasteiger partial charge in [-0.3, -0.25) is 9.59 Å². The first-order valence-electron chi connectivity index (χ1n) is 8.72. The molecular weight excluding hydrogens is 426 g/mol. The van der Waals surface area contributed by atoms with E-state index in [1.807, 2.05) is 6.92 Å². The molecule has 2 aromatic carbocycles. The van der Waals surface area contributed by atoms with Crippen LogP contribution in [0.15, 0.2) is 57.8 Å². The summed E-state index contributed by atoms with van der Waals surface area (Å²) in [5, 5.41) is 7.58. The fourth-order valence-electron chi connectivity index (χ4n) is 2.68. The number of ether oxygens (including phenoxy) is 1. The average Bonchev–Trinajstić information content (AvgIpc) is 2.70. The molecule has 0 bridgehead atoms. The molecule has 1 heterocycles. The number of halogens is 1. The summed E-state index contributed by atoms with van der Waals surface area (Å²) in [6.45, 7) is 1.83. The highest BCUT2D eigenvalue weighted by Crippen LogP contribution is 2.15. The van der Waals surface area contributed by atoms with E-state index < -0.39 is 18.5 Å². The molecule has 0 aliphatic heterocycles. The Hall–Kier alpha value is -3.00. The van der Waals surface area contributed by atoms with Crippen molar-refractivity contribution in [3.05, 3.63) is 69.1 Å². The molecule has 0 saturated heterocycles. The third kappa shape index (κ3) is 4.45. The van der Waals surface area contributed by atoms with Crippen molar-refractivity contribution in [1.82, 2.24) is 9.78 Å². The van der Waals surface area contributed by atoms with Gasteiger partial charge in [0.05, 0.1) is 5.39 Å². The van der Waals surface area contributed by atoms with Crippen molar-refractivity contribution in [2.24, 2.45) is 0 Å². The number of amides is 1. The quantitative estimate of drug-likeness (QED) is 0.589. The number of nitrogens with zero attached hydrogens (tertiary/aromatic N) is 2. The summed E-state index contributed by atoms with van der Waals surface area (Å²) in [4.78, 5) is 37.1. The van der Waals surface area contributed by atoms with Gasteiger partial charge in [-0.15, -0.1) is 0 Å². The molecule has 0 aliphatic rings. The molecule has 3 rings (SSSR count). The summed E-state index contributed by atoms with van der Waals surface area (Å²) in [5.74, 6) is -1.23. The van der Waals surface area contributed by atoms with E-state index in [9.17, 15) is 14.4 Å². The van der Waals surface area contributed by atoms with E-state index in [0.717, 1.165) is 4.47 Å². The van der Waals surface area contributed by atoms with Crippen LogP contribution in [0.3, 0.4) is 0 Å². The molecule has 0 fully saturated rings. The van der Waals surface area contributed by atoms with Crippen LogP contribution in [-0.4, -0.2) is 28.3 Å². The third-order valence-electron chi connectivity index (χ3n) is 3.96. The lowest BCUT2D eigenvalue weighted by molar-refractivity contribution is -0.119. The number of hydrogen-bond acceptors (Lipinski definition) is 5. The lowest BCUT2D eigenvalue weighted by atomic mass is 10.1.